The molecule has 0 amide bonds. The van der Waals surface area contributed by atoms with Gasteiger partial charge >= 0.3 is 0 Å². The smallest absolute Gasteiger partial charge is 0.164 e. The third kappa shape index (κ3) is 6.65. The molecule has 0 fully saturated rings. The molecule has 0 bridgehead atoms. The Morgan fingerprint density at radius 3 is 1.23 bits per heavy atom. The fraction of sp³-hybridized carbons (Fsp3) is 0. The molecule has 2 aromatic heterocycles. The Kier molecular flexibility index (Phi) is 9.23. The zero-order chi connectivity index (χ0) is 48.0. The van der Waals surface area contributed by atoms with Gasteiger partial charge in [-0.25, -0.2) is 15.0 Å². The minimum absolute atomic E-state index is 0.604. The van der Waals surface area contributed by atoms with Crippen LogP contribution in [0.2, 0.25) is 0 Å². The molecule has 338 valence electrons. The summed E-state index contributed by atoms with van der Waals surface area (Å²) in [6.07, 6.45) is 0. The number of fused-ring (bicyclic) bond motifs is 11. The summed E-state index contributed by atoms with van der Waals surface area (Å²) in [7, 11) is 0. The van der Waals surface area contributed by atoms with Crippen LogP contribution in [0.25, 0.3) is 154 Å². The molecule has 0 spiro atoms. The molecule has 2 heterocycles. The van der Waals surface area contributed by atoms with E-state index >= 15 is 0 Å². The zero-order valence-electron chi connectivity index (χ0n) is 39.4. The van der Waals surface area contributed by atoms with Crippen molar-refractivity contribution in [3.63, 3.8) is 0 Å². The van der Waals surface area contributed by atoms with Gasteiger partial charge < -0.3 is 4.42 Å². The minimum Gasteiger partial charge on any atom is -0.456 e. The van der Waals surface area contributed by atoms with Gasteiger partial charge in [-0.2, -0.15) is 0 Å². The molecule has 73 heavy (non-hydrogen) atoms. The lowest BCUT2D eigenvalue weighted by Crippen LogP contribution is -2.02. The van der Waals surface area contributed by atoms with Gasteiger partial charge in [0.2, 0.25) is 0 Å². The Morgan fingerprint density at radius 1 is 0.233 bits per heavy atom. The summed E-state index contributed by atoms with van der Waals surface area (Å²) in [5, 5.41) is 15.7. The summed E-state index contributed by atoms with van der Waals surface area (Å²) >= 11 is 0. The minimum atomic E-state index is 0.604. The number of hydrogen-bond donors (Lipinski definition) is 0. The van der Waals surface area contributed by atoms with Crippen molar-refractivity contribution in [3.05, 3.63) is 249 Å². The van der Waals surface area contributed by atoms with Crippen molar-refractivity contribution in [1.82, 2.24) is 15.0 Å². The van der Waals surface area contributed by atoms with Crippen molar-refractivity contribution in [3.8, 4) is 67.5 Å². The number of hydrogen-bond acceptors (Lipinski definition) is 4. The van der Waals surface area contributed by atoms with E-state index in [2.05, 4.69) is 249 Å². The SMILES string of the molecule is c1ccc(-c2ccc(-c3ccc4oc5cc6ccccc6cc5c4c3-c3ccc(-c4nc(-c5cc6ccccc6c6ccccc56)nc(-c5cc6ccccc6c6ccccc56)n4)c4ccccc34)cc2)cc1. The lowest BCUT2D eigenvalue weighted by atomic mass is 9.86. The fourth-order valence-electron chi connectivity index (χ4n) is 11.5. The van der Waals surface area contributed by atoms with E-state index in [4.69, 9.17) is 19.4 Å². The largest absolute Gasteiger partial charge is 0.456 e. The molecule has 4 nitrogen and oxygen atoms in total. The first-order chi connectivity index (χ1) is 36.2. The van der Waals surface area contributed by atoms with E-state index in [1.165, 1.54) is 27.3 Å². The van der Waals surface area contributed by atoms with Crippen molar-refractivity contribution in [1.29, 1.82) is 0 Å². The summed E-state index contributed by atoms with van der Waals surface area (Å²) in [6, 6.07) is 88.9. The fourth-order valence-corrected chi connectivity index (χ4v) is 11.5. The maximum absolute atomic E-state index is 6.79. The van der Waals surface area contributed by atoms with Crippen LogP contribution < -0.4 is 0 Å². The molecule has 0 N–H and O–H groups in total. The van der Waals surface area contributed by atoms with Gasteiger partial charge in [-0.15, -0.1) is 0 Å². The third-order valence-corrected chi connectivity index (χ3v) is 14.9. The van der Waals surface area contributed by atoms with E-state index in [-0.39, 0.29) is 0 Å². The van der Waals surface area contributed by atoms with Crippen LogP contribution in [0.1, 0.15) is 0 Å². The molecule has 13 aromatic carbocycles. The molecule has 15 rings (SSSR count). The van der Waals surface area contributed by atoms with Gasteiger partial charge in [0.15, 0.2) is 17.5 Å². The Morgan fingerprint density at radius 2 is 0.644 bits per heavy atom. The highest BCUT2D eigenvalue weighted by molar-refractivity contribution is 6.22. The van der Waals surface area contributed by atoms with Crippen LogP contribution in [0, 0.1) is 0 Å². The molecular weight excluding hydrogens is 887 g/mol. The molecule has 15 aromatic rings. The zero-order valence-corrected chi connectivity index (χ0v) is 39.4. The Bertz CT molecular complexity index is 4590. The summed E-state index contributed by atoms with van der Waals surface area (Å²) in [4.78, 5) is 16.5. The Labute approximate surface area is 420 Å². The molecule has 4 heteroatoms. The van der Waals surface area contributed by atoms with Crippen LogP contribution in [0.4, 0.5) is 0 Å². The number of furan rings is 1. The van der Waals surface area contributed by atoms with Gasteiger partial charge in [0.25, 0.3) is 0 Å². The topological polar surface area (TPSA) is 51.8 Å². The molecule has 0 unspecified atom stereocenters. The third-order valence-electron chi connectivity index (χ3n) is 14.9. The van der Waals surface area contributed by atoms with Gasteiger partial charge in [0.1, 0.15) is 11.2 Å². The average molecular weight is 928 g/mol. The van der Waals surface area contributed by atoms with Crippen LogP contribution in [0.3, 0.4) is 0 Å². The normalized spacial score (nSPS) is 11.8. The van der Waals surface area contributed by atoms with Crippen LogP contribution in [0.15, 0.2) is 253 Å². The monoisotopic (exact) mass is 927 g/mol. The lowest BCUT2D eigenvalue weighted by molar-refractivity contribution is 0.669. The summed E-state index contributed by atoms with van der Waals surface area (Å²) in [5.74, 6) is 1.85. The van der Waals surface area contributed by atoms with E-state index in [1.54, 1.807) is 0 Å². The lowest BCUT2D eigenvalue weighted by Gasteiger charge is -2.17. The van der Waals surface area contributed by atoms with E-state index in [1.807, 2.05) is 0 Å². The van der Waals surface area contributed by atoms with Gasteiger partial charge in [-0.05, 0) is 129 Å². The van der Waals surface area contributed by atoms with E-state index in [9.17, 15) is 0 Å². The molecule has 0 atom stereocenters. The standard InChI is InChI=1S/C69H41N3O/c1-2-16-42(17-3-1)43-30-32-44(33-31-43)51-36-37-63-66(62-38-45-18-4-5-19-46(45)41-64(62)73-63)65(51)58-34-35-59(55-27-13-12-26-54(55)58)67-70-68(60-39-47-20-6-8-22-49(47)52-24-10-14-28-56(52)60)72-69(71-67)61-40-48-21-7-9-23-50(48)53-25-11-15-29-57(53)61/h1-41H. The van der Waals surface area contributed by atoms with Crippen molar-refractivity contribution >= 4 is 86.6 Å². The Balaban J connectivity index is 1.00. The van der Waals surface area contributed by atoms with Gasteiger partial charge in [-0.1, -0.05) is 212 Å². The van der Waals surface area contributed by atoms with Gasteiger partial charge in [-0.3, -0.25) is 0 Å². The molecule has 0 aliphatic carbocycles. The van der Waals surface area contributed by atoms with Gasteiger partial charge in [0, 0.05) is 33.0 Å². The van der Waals surface area contributed by atoms with Crippen molar-refractivity contribution in [2.45, 2.75) is 0 Å². The van der Waals surface area contributed by atoms with E-state index < -0.39 is 0 Å². The van der Waals surface area contributed by atoms with Crippen LogP contribution >= 0.6 is 0 Å². The first-order valence-electron chi connectivity index (χ1n) is 24.8. The molecule has 0 saturated carbocycles. The predicted molar refractivity (Wildman–Crippen MR) is 305 cm³/mol. The Hall–Kier alpha value is -9.77. The molecule has 0 saturated heterocycles. The van der Waals surface area contributed by atoms with E-state index in [0.29, 0.717) is 17.5 Å². The second-order valence-electron chi connectivity index (χ2n) is 19.0. The maximum Gasteiger partial charge on any atom is 0.164 e. The first kappa shape index (κ1) is 41.1. The first-order valence-corrected chi connectivity index (χ1v) is 24.8. The van der Waals surface area contributed by atoms with Crippen molar-refractivity contribution in [2.75, 3.05) is 0 Å². The number of nitrogens with zero attached hydrogens (tertiary/aromatic N) is 3. The maximum atomic E-state index is 6.79. The van der Waals surface area contributed by atoms with E-state index in [0.717, 1.165) is 109 Å². The molecule has 0 aliphatic rings. The number of benzene rings is 13. The molecular formula is C69H41N3O. The number of rotatable bonds is 6. The summed E-state index contributed by atoms with van der Waals surface area (Å²) in [5.41, 5.74) is 11.4. The average Bonchev–Trinajstić information content (AvgIpc) is 3.83. The van der Waals surface area contributed by atoms with Crippen molar-refractivity contribution in [2.24, 2.45) is 0 Å². The highest BCUT2D eigenvalue weighted by Crippen LogP contribution is 2.48. The highest BCUT2D eigenvalue weighted by atomic mass is 16.3. The second kappa shape index (κ2) is 16.4. The van der Waals surface area contributed by atoms with Crippen molar-refractivity contribution < 1.29 is 4.42 Å². The molecule has 0 aliphatic heterocycles. The quantitative estimate of drug-likeness (QED) is 0.156. The molecule has 0 radical (unpaired) electrons. The second-order valence-corrected chi connectivity index (χ2v) is 19.0. The summed E-state index contributed by atoms with van der Waals surface area (Å²) < 4.78 is 6.79. The van der Waals surface area contributed by atoms with Gasteiger partial charge in [0.05, 0.1) is 0 Å². The van der Waals surface area contributed by atoms with Crippen LogP contribution in [0.5, 0.6) is 0 Å². The summed E-state index contributed by atoms with van der Waals surface area (Å²) in [6.45, 7) is 0. The number of aromatic nitrogens is 3. The predicted octanol–water partition coefficient (Wildman–Crippen LogP) is 18.7. The van der Waals surface area contributed by atoms with Crippen LogP contribution in [-0.2, 0) is 0 Å². The highest BCUT2D eigenvalue weighted by Gasteiger charge is 2.24. The van der Waals surface area contributed by atoms with Crippen LogP contribution in [-0.4, -0.2) is 15.0 Å².